The van der Waals surface area contributed by atoms with E-state index < -0.39 is 5.97 Å². The van der Waals surface area contributed by atoms with Gasteiger partial charge in [-0.2, -0.15) is 0 Å². The van der Waals surface area contributed by atoms with Crippen molar-refractivity contribution < 1.29 is 14.7 Å². The van der Waals surface area contributed by atoms with E-state index in [1.807, 2.05) is 6.92 Å². The number of aliphatic carboxylic acids is 1. The Hall–Kier alpha value is -2.05. The number of imidazole rings is 1. The van der Waals surface area contributed by atoms with Gasteiger partial charge in [-0.1, -0.05) is 13.3 Å². The maximum atomic E-state index is 12.0. The lowest BCUT2D eigenvalue weighted by Crippen LogP contribution is -2.47. The molecule has 1 aromatic heterocycles. The fraction of sp³-hybridized carbons (Fsp3) is 0.643. The Morgan fingerprint density at radius 1 is 1.52 bits per heavy atom. The van der Waals surface area contributed by atoms with Crippen molar-refractivity contribution in [3.8, 4) is 0 Å². The van der Waals surface area contributed by atoms with Gasteiger partial charge in [0.25, 0.3) is 0 Å². The zero-order chi connectivity index (χ0) is 15.3. The summed E-state index contributed by atoms with van der Waals surface area (Å²) in [6.07, 6.45) is 6.94. The first-order valence-corrected chi connectivity index (χ1v) is 7.30. The van der Waals surface area contributed by atoms with Gasteiger partial charge in [0.1, 0.15) is 5.82 Å². The van der Waals surface area contributed by atoms with E-state index in [4.69, 9.17) is 5.11 Å². The molecule has 1 aliphatic carbocycles. The van der Waals surface area contributed by atoms with Crippen molar-refractivity contribution in [1.29, 1.82) is 0 Å². The minimum atomic E-state index is -0.807. The highest BCUT2D eigenvalue weighted by atomic mass is 16.4. The average molecular weight is 294 g/mol. The lowest BCUT2D eigenvalue weighted by molar-refractivity contribution is -0.141. The van der Waals surface area contributed by atoms with E-state index in [0.29, 0.717) is 6.54 Å². The van der Waals surface area contributed by atoms with Crippen LogP contribution in [-0.4, -0.2) is 33.6 Å². The number of aromatic nitrogens is 2. The van der Waals surface area contributed by atoms with E-state index in [-0.39, 0.29) is 23.9 Å². The van der Waals surface area contributed by atoms with Crippen molar-refractivity contribution in [2.45, 2.75) is 45.1 Å². The van der Waals surface area contributed by atoms with Crippen LogP contribution < -0.4 is 10.6 Å². The van der Waals surface area contributed by atoms with Crippen LogP contribution >= 0.6 is 0 Å². The highest BCUT2D eigenvalue weighted by Crippen LogP contribution is 2.43. The molecule has 4 N–H and O–H groups in total. The average Bonchev–Trinajstić information content (AvgIpc) is 2.92. The number of amides is 2. The Morgan fingerprint density at radius 3 is 2.76 bits per heavy atom. The monoisotopic (exact) mass is 294 g/mol. The Balaban J connectivity index is 1.82. The van der Waals surface area contributed by atoms with Gasteiger partial charge in [-0.15, -0.1) is 0 Å². The maximum absolute atomic E-state index is 12.0. The van der Waals surface area contributed by atoms with E-state index in [9.17, 15) is 9.59 Å². The predicted molar refractivity (Wildman–Crippen MR) is 76.7 cm³/mol. The lowest BCUT2D eigenvalue weighted by Gasteiger charge is -2.40. The number of aromatic amines is 1. The summed E-state index contributed by atoms with van der Waals surface area (Å²) in [5.74, 6) is -0.0875. The van der Waals surface area contributed by atoms with Crippen LogP contribution in [0, 0.1) is 5.41 Å². The fourth-order valence-corrected chi connectivity index (χ4v) is 2.72. The van der Waals surface area contributed by atoms with Crippen molar-refractivity contribution in [1.82, 2.24) is 20.6 Å². The molecule has 0 aromatic carbocycles. The molecule has 2 amide bonds. The number of hydrogen-bond acceptors (Lipinski definition) is 3. The van der Waals surface area contributed by atoms with Crippen molar-refractivity contribution in [3.05, 3.63) is 18.2 Å². The normalized spacial score (nSPS) is 17.6. The third-order valence-electron chi connectivity index (χ3n) is 4.13. The van der Waals surface area contributed by atoms with Gasteiger partial charge in [-0.05, 0) is 24.7 Å². The number of H-pyrrole nitrogens is 1. The zero-order valence-corrected chi connectivity index (χ0v) is 12.2. The summed E-state index contributed by atoms with van der Waals surface area (Å²) in [4.78, 5) is 30.0. The largest absolute Gasteiger partial charge is 0.481 e. The molecule has 0 saturated heterocycles. The second-order valence-corrected chi connectivity index (χ2v) is 5.69. The molecule has 116 valence electrons. The number of carboxylic acids is 1. The predicted octanol–water partition coefficient (Wildman–Crippen LogP) is 1.80. The molecule has 1 unspecified atom stereocenters. The first-order chi connectivity index (χ1) is 10.0. The van der Waals surface area contributed by atoms with Crippen LogP contribution in [0.2, 0.25) is 0 Å². The minimum absolute atomic E-state index is 0.114. The number of carbonyl (C=O) groups is 2. The number of urea groups is 1. The Labute approximate surface area is 123 Å². The van der Waals surface area contributed by atoms with Gasteiger partial charge in [0.05, 0.1) is 12.5 Å². The Bertz CT molecular complexity index is 482. The molecule has 1 fully saturated rings. The molecule has 1 heterocycles. The fourth-order valence-electron chi connectivity index (χ4n) is 2.72. The highest BCUT2D eigenvalue weighted by molar-refractivity contribution is 5.74. The first-order valence-electron chi connectivity index (χ1n) is 7.30. The summed E-state index contributed by atoms with van der Waals surface area (Å²) < 4.78 is 0. The van der Waals surface area contributed by atoms with Gasteiger partial charge in [-0.25, -0.2) is 9.78 Å². The number of nitrogens with one attached hydrogen (secondary N) is 3. The molecule has 2 rings (SSSR count). The third kappa shape index (κ3) is 3.96. The molecular weight excluding hydrogens is 272 g/mol. The van der Waals surface area contributed by atoms with E-state index in [1.54, 1.807) is 12.4 Å². The van der Waals surface area contributed by atoms with E-state index in [0.717, 1.165) is 31.5 Å². The van der Waals surface area contributed by atoms with Crippen molar-refractivity contribution >= 4 is 12.0 Å². The van der Waals surface area contributed by atoms with Crippen molar-refractivity contribution in [2.24, 2.45) is 5.41 Å². The van der Waals surface area contributed by atoms with Gasteiger partial charge in [0.15, 0.2) is 0 Å². The SMILES string of the molecule is CCC(NC(=O)NCC1(CC(=O)O)CCC1)c1ncc[nH]1. The summed E-state index contributed by atoms with van der Waals surface area (Å²) in [7, 11) is 0. The molecule has 1 aliphatic rings. The number of nitrogens with zero attached hydrogens (tertiary/aromatic N) is 1. The van der Waals surface area contributed by atoms with Gasteiger partial charge >= 0.3 is 12.0 Å². The standard InChI is InChI=1S/C14H22N4O3/c1-2-10(12-15-6-7-16-12)18-13(21)17-9-14(4-3-5-14)8-11(19)20/h6-7,10H,2-5,8-9H2,1H3,(H,15,16)(H,19,20)(H2,17,18,21). The molecule has 7 nitrogen and oxygen atoms in total. The molecule has 0 radical (unpaired) electrons. The molecule has 0 bridgehead atoms. The number of carbonyl (C=O) groups excluding carboxylic acids is 1. The minimum Gasteiger partial charge on any atom is -0.481 e. The molecule has 7 heteroatoms. The smallest absolute Gasteiger partial charge is 0.315 e. The van der Waals surface area contributed by atoms with Gasteiger partial charge in [0, 0.05) is 18.9 Å². The van der Waals surface area contributed by atoms with Crippen molar-refractivity contribution in [3.63, 3.8) is 0 Å². The van der Waals surface area contributed by atoms with Crippen LogP contribution in [0.25, 0.3) is 0 Å². The second-order valence-electron chi connectivity index (χ2n) is 5.69. The molecule has 1 saturated carbocycles. The van der Waals surface area contributed by atoms with Crippen LogP contribution in [0.4, 0.5) is 4.79 Å². The Kier molecular flexibility index (Phi) is 4.82. The number of carboxylic acid groups (broad SMARTS) is 1. The van der Waals surface area contributed by atoms with Crippen LogP contribution in [-0.2, 0) is 4.79 Å². The van der Waals surface area contributed by atoms with E-state index in [1.165, 1.54) is 0 Å². The Morgan fingerprint density at radius 2 is 2.29 bits per heavy atom. The van der Waals surface area contributed by atoms with E-state index in [2.05, 4.69) is 20.6 Å². The molecular formula is C14H22N4O3. The van der Waals surface area contributed by atoms with Crippen LogP contribution in [0.1, 0.15) is 50.9 Å². The molecule has 1 aromatic rings. The van der Waals surface area contributed by atoms with Gasteiger partial charge < -0.3 is 20.7 Å². The zero-order valence-electron chi connectivity index (χ0n) is 12.2. The highest BCUT2D eigenvalue weighted by Gasteiger charge is 2.39. The maximum Gasteiger partial charge on any atom is 0.315 e. The lowest BCUT2D eigenvalue weighted by atomic mass is 9.66. The summed E-state index contributed by atoms with van der Waals surface area (Å²) >= 11 is 0. The van der Waals surface area contributed by atoms with E-state index >= 15 is 0 Å². The van der Waals surface area contributed by atoms with Gasteiger partial charge in [0.2, 0.25) is 0 Å². The summed E-state index contributed by atoms with van der Waals surface area (Å²) in [6, 6.07) is -0.452. The molecule has 1 atom stereocenters. The van der Waals surface area contributed by atoms with Crippen LogP contribution in [0.5, 0.6) is 0 Å². The van der Waals surface area contributed by atoms with Crippen molar-refractivity contribution in [2.75, 3.05) is 6.54 Å². The second kappa shape index (κ2) is 6.60. The topological polar surface area (TPSA) is 107 Å². The number of rotatable bonds is 7. The quantitative estimate of drug-likeness (QED) is 0.615. The molecule has 0 aliphatic heterocycles. The summed E-state index contributed by atoms with van der Waals surface area (Å²) in [5, 5.41) is 14.6. The third-order valence-corrected chi connectivity index (χ3v) is 4.13. The number of hydrogen-bond donors (Lipinski definition) is 4. The van der Waals surface area contributed by atoms with Crippen LogP contribution in [0.15, 0.2) is 12.4 Å². The van der Waals surface area contributed by atoms with Gasteiger partial charge in [-0.3, -0.25) is 4.79 Å². The summed E-state index contributed by atoms with van der Waals surface area (Å²) in [5.41, 5.74) is -0.268. The molecule has 0 spiro atoms. The van der Waals surface area contributed by atoms with Crippen LogP contribution in [0.3, 0.4) is 0 Å². The summed E-state index contributed by atoms with van der Waals surface area (Å²) in [6.45, 7) is 2.37. The molecule has 21 heavy (non-hydrogen) atoms. The first kappa shape index (κ1) is 15.3.